The molecule has 2 aliphatic rings. The molecule has 3 rings (SSSR count). The molecule has 2 heterocycles. The largest absolute Gasteiger partial charge is 0.445 e. The Morgan fingerprint density at radius 1 is 1.08 bits per heavy atom. The third kappa shape index (κ3) is 3.78. The highest BCUT2D eigenvalue weighted by atomic mass is 35.5. The minimum Gasteiger partial charge on any atom is -0.445 e. The first-order valence-corrected chi connectivity index (χ1v) is 8.75. The number of rotatable bonds is 2. The van der Waals surface area contributed by atoms with Gasteiger partial charge in [-0.3, -0.25) is 4.79 Å². The van der Waals surface area contributed by atoms with E-state index in [1.807, 2.05) is 4.90 Å². The molecule has 0 radical (unpaired) electrons. The van der Waals surface area contributed by atoms with Crippen LogP contribution in [0.3, 0.4) is 0 Å². The van der Waals surface area contributed by atoms with Crippen LogP contribution in [0.2, 0.25) is 10.0 Å². The van der Waals surface area contributed by atoms with Crippen LogP contribution in [0, 0.1) is 5.41 Å². The maximum absolute atomic E-state index is 12.2. The quantitative estimate of drug-likeness (QED) is 0.799. The predicted octanol–water partition coefficient (Wildman–Crippen LogP) is 3.57. The Labute approximate surface area is 151 Å². The number of hydrogen-bond acceptors (Lipinski definition) is 3. The molecule has 0 bridgehead atoms. The van der Waals surface area contributed by atoms with Crippen molar-refractivity contribution in [2.75, 3.05) is 26.2 Å². The zero-order valence-corrected chi connectivity index (χ0v) is 15.1. The summed E-state index contributed by atoms with van der Waals surface area (Å²) in [6.45, 7) is 4.71. The van der Waals surface area contributed by atoms with Gasteiger partial charge in [0, 0.05) is 48.6 Å². The van der Waals surface area contributed by atoms with E-state index in [4.69, 9.17) is 27.9 Å². The molecule has 0 saturated carbocycles. The number of halogens is 2. The summed E-state index contributed by atoms with van der Waals surface area (Å²) >= 11 is 11.9. The lowest BCUT2D eigenvalue weighted by Crippen LogP contribution is -2.61. The average Bonchev–Trinajstić information content (AvgIpc) is 2.49. The van der Waals surface area contributed by atoms with Crippen LogP contribution in [-0.2, 0) is 16.1 Å². The van der Waals surface area contributed by atoms with Crippen molar-refractivity contribution in [2.45, 2.75) is 26.4 Å². The van der Waals surface area contributed by atoms with Gasteiger partial charge in [-0.2, -0.15) is 0 Å². The van der Waals surface area contributed by atoms with Gasteiger partial charge in [0.2, 0.25) is 5.91 Å². The van der Waals surface area contributed by atoms with Crippen molar-refractivity contribution in [1.82, 2.24) is 9.80 Å². The minimum absolute atomic E-state index is 0.127. The Morgan fingerprint density at radius 3 is 2.21 bits per heavy atom. The van der Waals surface area contributed by atoms with Crippen LogP contribution < -0.4 is 0 Å². The zero-order chi connectivity index (χ0) is 17.3. The van der Waals surface area contributed by atoms with E-state index in [9.17, 15) is 9.59 Å². The normalized spacial score (nSPS) is 19.1. The van der Waals surface area contributed by atoms with E-state index < -0.39 is 0 Å². The number of nitrogens with zero attached hydrogens (tertiary/aromatic N) is 2. The average molecular weight is 371 g/mol. The van der Waals surface area contributed by atoms with E-state index >= 15 is 0 Å². The van der Waals surface area contributed by atoms with Crippen LogP contribution in [0.15, 0.2) is 18.2 Å². The van der Waals surface area contributed by atoms with Crippen LogP contribution in [0.4, 0.5) is 4.79 Å². The summed E-state index contributed by atoms with van der Waals surface area (Å²) < 4.78 is 5.36. The summed E-state index contributed by atoms with van der Waals surface area (Å²) in [6.07, 6.45) is 1.51. The SMILES string of the molecule is CC(=O)N1CC2(CCN(C(=O)OCc3cc(Cl)cc(Cl)c3)CC2)C1. The van der Waals surface area contributed by atoms with Gasteiger partial charge >= 0.3 is 6.09 Å². The van der Waals surface area contributed by atoms with Gasteiger partial charge < -0.3 is 14.5 Å². The van der Waals surface area contributed by atoms with Gasteiger partial charge in [-0.15, -0.1) is 0 Å². The van der Waals surface area contributed by atoms with Crippen LogP contribution in [0.5, 0.6) is 0 Å². The zero-order valence-electron chi connectivity index (χ0n) is 13.6. The van der Waals surface area contributed by atoms with E-state index in [2.05, 4.69) is 0 Å². The van der Waals surface area contributed by atoms with E-state index in [0.717, 1.165) is 31.5 Å². The molecular formula is C17H20Cl2N2O3. The van der Waals surface area contributed by atoms with Crippen molar-refractivity contribution in [3.63, 3.8) is 0 Å². The molecule has 7 heteroatoms. The number of piperidine rings is 1. The molecule has 1 aromatic rings. The molecule has 2 saturated heterocycles. The second-order valence-electron chi connectivity index (χ2n) is 6.69. The molecule has 130 valence electrons. The van der Waals surface area contributed by atoms with E-state index in [1.165, 1.54) is 0 Å². The smallest absolute Gasteiger partial charge is 0.410 e. The van der Waals surface area contributed by atoms with Gasteiger partial charge in [0.05, 0.1) is 0 Å². The number of hydrogen-bond donors (Lipinski definition) is 0. The van der Waals surface area contributed by atoms with Crippen molar-refractivity contribution in [2.24, 2.45) is 5.41 Å². The summed E-state index contributed by atoms with van der Waals surface area (Å²) in [7, 11) is 0. The molecule has 2 amide bonds. The second-order valence-corrected chi connectivity index (χ2v) is 7.57. The third-order valence-corrected chi connectivity index (χ3v) is 5.30. The van der Waals surface area contributed by atoms with E-state index in [1.54, 1.807) is 30.0 Å². The van der Waals surface area contributed by atoms with Gasteiger partial charge in [-0.05, 0) is 36.6 Å². The van der Waals surface area contributed by atoms with Gasteiger partial charge in [-0.25, -0.2) is 4.79 Å². The molecule has 0 atom stereocenters. The van der Waals surface area contributed by atoms with Crippen LogP contribution in [0.25, 0.3) is 0 Å². The van der Waals surface area contributed by atoms with Crippen molar-refractivity contribution >= 4 is 35.2 Å². The summed E-state index contributed by atoms with van der Waals surface area (Å²) in [5.74, 6) is 0.127. The van der Waals surface area contributed by atoms with Gasteiger partial charge in [0.1, 0.15) is 6.61 Å². The fourth-order valence-corrected chi connectivity index (χ4v) is 3.97. The molecule has 0 unspecified atom stereocenters. The molecular weight excluding hydrogens is 351 g/mol. The summed E-state index contributed by atoms with van der Waals surface area (Å²) in [6, 6.07) is 5.11. The fraction of sp³-hybridized carbons (Fsp3) is 0.529. The lowest BCUT2D eigenvalue weighted by Gasteiger charge is -2.53. The first kappa shape index (κ1) is 17.4. The standard InChI is InChI=1S/C17H20Cl2N2O3/c1-12(22)21-10-17(11-21)2-4-20(5-3-17)16(23)24-9-13-6-14(18)8-15(19)7-13/h6-8H,2-5,9-11H2,1H3. The maximum atomic E-state index is 12.2. The molecule has 0 aromatic heterocycles. The van der Waals surface area contributed by atoms with Gasteiger partial charge in [0.25, 0.3) is 0 Å². The molecule has 24 heavy (non-hydrogen) atoms. The molecule has 5 nitrogen and oxygen atoms in total. The molecule has 2 aliphatic heterocycles. The first-order valence-electron chi connectivity index (χ1n) is 7.99. The molecule has 1 aromatic carbocycles. The number of likely N-dealkylation sites (tertiary alicyclic amines) is 2. The van der Waals surface area contributed by atoms with Crippen molar-refractivity contribution in [3.05, 3.63) is 33.8 Å². The summed E-state index contributed by atoms with van der Waals surface area (Å²) in [5.41, 5.74) is 0.966. The van der Waals surface area contributed by atoms with Gasteiger partial charge in [0.15, 0.2) is 0 Å². The maximum Gasteiger partial charge on any atom is 0.410 e. The monoisotopic (exact) mass is 370 g/mol. The Balaban J connectivity index is 1.46. The first-order chi connectivity index (χ1) is 11.4. The molecule has 0 N–H and O–H groups in total. The Morgan fingerprint density at radius 2 is 1.67 bits per heavy atom. The highest BCUT2D eigenvalue weighted by molar-refractivity contribution is 6.34. The minimum atomic E-state index is -0.316. The van der Waals surface area contributed by atoms with Crippen LogP contribution >= 0.6 is 23.2 Å². The molecule has 2 fully saturated rings. The Kier molecular flexibility index (Phi) is 4.92. The number of amides is 2. The van der Waals surface area contributed by atoms with Crippen LogP contribution in [0.1, 0.15) is 25.3 Å². The summed E-state index contributed by atoms with van der Waals surface area (Å²) in [5, 5.41) is 1.04. The van der Waals surface area contributed by atoms with Crippen molar-refractivity contribution in [3.8, 4) is 0 Å². The molecule has 0 aliphatic carbocycles. The lowest BCUT2D eigenvalue weighted by atomic mass is 9.72. The lowest BCUT2D eigenvalue weighted by molar-refractivity contribution is -0.144. The number of carbonyl (C=O) groups excluding carboxylic acids is 2. The highest BCUT2D eigenvalue weighted by Crippen LogP contribution is 2.40. The number of benzene rings is 1. The number of carbonyl (C=O) groups is 2. The van der Waals surface area contributed by atoms with Crippen molar-refractivity contribution in [1.29, 1.82) is 0 Å². The molecule has 1 spiro atoms. The third-order valence-electron chi connectivity index (χ3n) is 4.86. The Hall–Kier alpha value is -1.46. The number of ether oxygens (including phenoxy) is 1. The van der Waals surface area contributed by atoms with Gasteiger partial charge in [-0.1, -0.05) is 23.2 Å². The highest BCUT2D eigenvalue weighted by Gasteiger charge is 2.46. The van der Waals surface area contributed by atoms with Crippen LogP contribution in [-0.4, -0.2) is 48.0 Å². The van der Waals surface area contributed by atoms with E-state index in [0.29, 0.717) is 23.1 Å². The topological polar surface area (TPSA) is 49.9 Å². The Bertz CT molecular complexity index is 629. The summed E-state index contributed by atoms with van der Waals surface area (Å²) in [4.78, 5) is 27.1. The van der Waals surface area contributed by atoms with E-state index in [-0.39, 0.29) is 24.0 Å². The second kappa shape index (κ2) is 6.81. The van der Waals surface area contributed by atoms with Crippen molar-refractivity contribution < 1.29 is 14.3 Å². The fourth-order valence-electron chi connectivity index (χ4n) is 3.40. The predicted molar refractivity (Wildman–Crippen MR) is 92.1 cm³/mol.